The van der Waals surface area contributed by atoms with Crippen molar-refractivity contribution in [1.29, 1.82) is 0 Å². The van der Waals surface area contributed by atoms with Gasteiger partial charge in [0.05, 0.1) is 24.2 Å². The number of imidazole rings is 1. The van der Waals surface area contributed by atoms with Crippen LogP contribution in [0.5, 0.6) is 0 Å². The van der Waals surface area contributed by atoms with Gasteiger partial charge in [-0.3, -0.25) is 4.79 Å². The predicted molar refractivity (Wildman–Crippen MR) is 68.8 cm³/mol. The first kappa shape index (κ1) is 10.9. The van der Waals surface area contributed by atoms with Crippen LogP contribution in [-0.4, -0.2) is 38.9 Å². The van der Waals surface area contributed by atoms with Crippen LogP contribution < -0.4 is 10.6 Å². The monoisotopic (exact) mass is 257 g/mol. The Hall–Kier alpha value is -1.95. The summed E-state index contributed by atoms with van der Waals surface area (Å²) in [6, 6.07) is 0.874. The molecular weight excluding hydrogens is 242 g/mol. The lowest BCUT2D eigenvalue weighted by molar-refractivity contribution is 0.0919. The van der Waals surface area contributed by atoms with E-state index in [9.17, 15) is 4.79 Å². The molecular formula is C13H15N5O. The third-order valence-corrected chi connectivity index (χ3v) is 4.21. The number of amides is 1. The van der Waals surface area contributed by atoms with Crippen molar-refractivity contribution in [2.75, 3.05) is 6.54 Å². The second-order valence-corrected chi connectivity index (χ2v) is 5.41. The molecule has 2 N–H and O–H groups in total. The van der Waals surface area contributed by atoms with Gasteiger partial charge in [0.15, 0.2) is 0 Å². The first-order valence-electron chi connectivity index (χ1n) is 6.61. The average Bonchev–Trinajstić information content (AvgIpc) is 3.13. The van der Waals surface area contributed by atoms with Gasteiger partial charge in [0.25, 0.3) is 5.91 Å². The molecule has 2 aromatic heterocycles. The molecule has 1 amide bonds. The Labute approximate surface area is 110 Å². The maximum Gasteiger partial charge on any atom is 0.271 e. The molecule has 2 aliphatic rings. The number of hydrogen-bond acceptors (Lipinski definition) is 4. The lowest BCUT2D eigenvalue weighted by atomic mass is 10.0. The minimum absolute atomic E-state index is 0.0897. The van der Waals surface area contributed by atoms with Gasteiger partial charge in [-0.05, 0) is 18.8 Å². The molecule has 0 spiro atoms. The van der Waals surface area contributed by atoms with Crippen LogP contribution in [-0.2, 0) is 0 Å². The summed E-state index contributed by atoms with van der Waals surface area (Å²) in [7, 11) is 0. The summed E-state index contributed by atoms with van der Waals surface area (Å²) < 4.78 is 1.81. The smallest absolute Gasteiger partial charge is 0.271 e. The van der Waals surface area contributed by atoms with Gasteiger partial charge >= 0.3 is 0 Å². The standard InChI is InChI=1S/C13H15N5O/c19-13(17-11-2-9-1-8(11)3-15-9)12-6-18-7-14-4-10(18)5-16-12/h4-9,11,15H,1-3H2,(H,17,19)/t8-,9+,11+/m0/s1. The van der Waals surface area contributed by atoms with Crippen LogP contribution in [0.4, 0.5) is 0 Å². The van der Waals surface area contributed by atoms with E-state index in [1.165, 1.54) is 6.42 Å². The number of aromatic nitrogens is 3. The molecule has 6 nitrogen and oxygen atoms in total. The highest BCUT2D eigenvalue weighted by molar-refractivity contribution is 5.92. The SMILES string of the molecule is O=C(N[C@@H]1C[C@H]2C[C@H]1CN2)c1cn2cncc2cn1. The van der Waals surface area contributed by atoms with E-state index >= 15 is 0 Å². The molecule has 2 fully saturated rings. The molecule has 98 valence electrons. The van der Waals surface area contributed by atoms with Gasteiger partial charge in [-0.2, -0.15) is 0 Å². The topological polar surface area (TPSA) is 71.3 Å². The van der Waals surface area contributed by atoms with Crippen molar-refractivity contribution in [3.8, 4) is 0 Å². The van der Waals surface area contributed by atoms with E-state index in [1.807, 2.05) is 4.40 Å². The van der Waals surface area contributed by atoms with E-state index in [2.05, 4.69) is 20.6 Å². The Morgan fingerprint density at radius 3 is 3.16 bits per heavy atom. The molecule has 4 rings (SSSR count). The van der Waals surface area contributed by atoms with Gasteiger partial charge in [-0.15, -0.1) is 0 Å². The van der Waals surface area contributed by atoms with Crippen LogP contribution in [0.2, 0.25) is 0 Å². The molecule has 1 aliphatic heterocycles. The lowest BCUT2D eigenvalue weighted by Crippen LogP contribution is -2.44. The van der Waals surface area contributed by atoms with Crippen molar-refractivity contribution in [2.24, 2.45) is 5.92 Å². The minimum atomic E-state index is -0.0897. The van der Waals surface area contributed by atoms with Crippen LogP contribution >= 0.6 is 0 Å². The third kappa shape index (κ3) is 1.79. The lowest BCUT2D eigenvalue weighted by Gasteiger charge is -2.23. The number of rotatable bonds is 2. The summed E-state index contributed by atoms with van der Waals surface area (Å²) in [5.41, 5.74) is 1.34. The zero-order valence-corrected chi connectivity index (χ0v) is 10.4. The highest BCUT2D eigenvalue weighted by atomic mass is 16.2. The number of hydrogen-bond donors (Lipinski definition) is 2. The van der Waals surface area contributed by atoms with Gasteiger partial charge in [0, 0.05) is 24.8 Å². The van der Waals surface area contributed by atoms with E-state index < -0.39 is 0 Å². The number of nitrogens with one attached hydrogen (secondary N) is 2. The Balaban J connectivity index is 1.53. The summed E-state index contributed by atoms with van der Waals surface area (Å²) in [5, 5.41) is 6.55. The predicted octanol–water partition coefficient (Wildman–Crippen LogP) is 0.209. The summed E-state index contributed by atoms with van der Waals surface area (Å²) in [4.78, 5) is 20.4. The van der Waals surface area contributed by atoms with E-state index in [-0.39, 0.29) is 5.91 Å². The van der Waals surface area contributed by atoms with E-state index in [0.29, 0.717) is 23.7 Å². The zero-order valence-electron chi connectivity index (χ0n) is 10.4. The molecule has 1 aliphatic carbocycles. The van der Waals surface area contributed by atoms with Gasteiger partial charge in [0.2, 0.25) is 0 Å². The third-order valence-electron chi connectivity index (χ3n) is 4.21. The number of fused-ring (bicyclic) bond motifs is 3. The molecule has 6 heteroatoms. The van der Waals surface area contributed by atoms with Crippen molar-refractivity contribution in [3.05, 3.63) is 30.6 Å². The van der Waals surface area contributed by atoms with E-state index in [0.717, 1.165) is 18.5 Å². The van der Waals surface area contributed by atoms with Crippen LogP contribution in [0.3, 0.4) is 0 Å². The van der Waals surface area contributed by atoms with E-state index in [4.69, 9.17) is 0 Å². The van der Waals surface area contributed by atoms with Crippen molar-refractivity contribution in [3.63, 3.8) is 0 Å². The quantitative estimate of drug-likeness (QED) is 0.807. The maximum absolute atomic E-state index is 12.2. The number of carbonyl (C=O) groups excluding carboxylic acids is 1. The normalized spacial score (nSPS) is 28.9. The fourth-order valence-corrected chi connectivity index (χ4v) is 3.20. The molecule has 0 radical (unpaired) electrons. The summed E-state index contributed by atoms with van der Waals surface area (Å²) >= 11 is 0. The van der Waals surface area contributed by atoms with Crippen molar-refractivity contribution in [1.82, 2.24) is 25.0 Å². The average molecular weight is 257 g/mol. The first-order valence-corrected chi connectivity index (χ1v) is 6.61. The van der Waals surface area contributed by atoms with Crippen LogP contribution in [0, 0.1) is 5.92 Å². The largest absolute Gasteiger partial charge is 0.348 e. The Morgan fingerprint density at radius 1 is 1.42 bits per heavy atom. The molecule has 2 aromatic rings. The van der Waals surface area contributed by atoms with Crippen LogP contribution in [0.15, 0.2) is 24.9 Å². The van der Waals surface area contributed by atoms with Crippen LogP contribution in [0.25, 0.3) is 5.52 Å². The fraction of sp³-hybridized carbons (Fsp3) is 0.462. The van der Waals surface area contributed by atoms with Crippen molar-refractivity contribution >= 4 is 11.4 Å². The highest BCUT2D eigenvalue weighted by Gasteiger charge is 2.40. The zero-order chi connectivity index (χ0) is 12.8. The summed E-state index contributed by atoms with van der Waals surface area (Å²) in [6.45, 7) is 1.02. The number of carbonyl (C=O) groups is 1. The second-order valence-electron chi connectivity index (χ2n) is 5.41. The molecule has 3 heterocycles. The summed E-state index contributed by atoms with van der Waals surface area (Å²) in [5.74, 6) is 0.485. The number of piperidine rings is 1. The molecule has 1 saturated carbocycles. The van der Waals surface area contributed by atoms with Gasteiger partial charge in [-0.1, -0.05) is 0 Å². The van der Waals surface area contributed by atoms with Crippen LogP contribution in [0.1, 0.15) is 23.3 Å². The molecule has 19 heavy (non-hydrogen) atoms. The van der Waals surface area contributed by atoms with Gasteiger partial charge in [-0.25, -0.2) is 9.97 Å². The molecule has 1 saturated heterocycles. The maximum atomic E-state index is 12.2. The van der Waals surface area contributed by atoms with Gasteiger partial charge in [0.1, 0.15) is 5.69 Å². The fourth-order valence-electron chi connectivity index (χ4n) is 3.20. The Kier molecular flexibility index (Phi) is 2.32. The molecule has 0 unspecified atom stereocenters. The molecule has 2 bridgehead atoms. The second kappa shape index (κ2) is 4.03. The Morgan fingerprint density at radius 2 is 2.37 bits per heavy atom. The van der Waals surface area contributed by atoms with Crippen molar-refractivity contribution in [2.45, 2.75) is 24.9 Å². The minimum Gasteiger partial charge on any atom is -0.348 e. The molecule has 0 aromatic carbocycles. The number of nitrogens with zero attached hydrogens (tertiary/aromatic N) is 3. The highest BCUT2D eigenvalue weighted by Crippen LogP contribution is 2.31. The van der Waals surface area contributed by atoms with Gasteiger partial charge < -0.3 is 15.0 Å². The molecule has 3 atom stereocenters. The Bertz CT molecular complexity index is 637. The van der Waals surface area contributed by atoms with E-state index in [1.54, 1.807) is 24.9 Å². The first-order chi connectivity index (χ1) is 9.29. The van der Waals surface area contributed by atoms with Crippen molar-refractivity contribution < 1.29 is 4.79 Å². The summed E-state index contributed by atoms with van der Waals surface area (Å²) in [6.07, 6.45) is 9.00.